The van der Waals surface area contributed by atoms with Crippen molar-refractivity contribution >= 4 is 11.9 Å². The van der Waals surface area contributed by atoms with Crippen molar-refractivity contribution in [2.75, 3.05) is 14.2 Å². The van der Waals surface area contributed by atoms with Gasteiger partial charge in [-0.25, -0.2) is 4.79 Å². The first kappa shape index (κ1) is 16.0. The highest BCUT2D eigenvalue weighted by Crippen LogP contribution is 2.19. The van der Waals surface area contributed by atoms with Gasteiger partial charge in [0, 0.05) is 5.56 Å². The fourth-order valence-corrected chi connectivity index (χ4v) is 1.81. The van der Waals surface area contributed by atoms with E-state index in [0.29, 0.717) is 11.3 Å². The van der Waals surface area contributed by atoms with E-state index in [1.807, 2.05) is 20.8 Å². The molecule has 0 spiro atoms. The molecular formula is C15H21NO4. The second kappa shape index (κ2) is 6.93. The summed E-state index contributed by atoms with van der Waals surface area (Å²) >= 11 is 0. The molecule has 110 valence electrons. The number of carbonyl (C=O) groups excluding carboxylic acids is 2. The molecule has 1 amide bonds. The van der Waals surface area contributed by atoms with Crippen LogP contribution in [-0.4, -0.2) is 32.1 Å². The lowest BCUT2D eigenvalue weighted by Crippen LogP contribution is -2.45. The molecule has 0 fully saturated rings. The molecule has 0 aliphatic carbocycles. The molecule has 0 aliphatic rings. The second-order valence-electron chi connectivity index (χ2n) is 4.90. The zero-order valence-corrected chi connectivity index (χ0v) is 12.5. The van der Waals surface area contributed by atoms with Gasteiger partial charge in [0.25, 0.3) is 5.91 Å². The van der Waals surface area contributed by atoms with E-state index in [9.17, 15) is 9.59 Å². The predicted molar refractivity (Wildman–Crippen MR) is 75.8 cm³/mol. The van der Waals surface area contributed by atoms with Gasteiger partial charge in [-0.15, -0.1) is 0 Å². The fraction of sp³-hybridized carbons (Fsp3) is 0.467. The van der Waals surface area contributed by atoms with Gasteiger partial charge in [-0.2, -0.15) is 0 Å². The number of hydrogen-bond acceptors (Lipinski definition) is 4. The van der Waals surface area contributed by atoms with Crippen LogP contribution in [0.15, 0.2) is 18.2 Å². The summed E-state index contributed by atoms with van der Waals surface area (Å²) in [5, 5.41) is 2.69. The molecular weight excluding hydrogens is 258 g/mol. The highest BCUT2D eigenvalue weighted by molar-refractivity contribution is 5.97. The number of benzene rings is 1. The monoisotopic (exact) mass is 279 g/mol. The number of methoxy groups -OCH3 is 2. The van der Waals surface area contributed by atoms with E-state index >= 15 is 0 Å². The van der Waals surface area contributed by atoms with Crippen molar-refractivity contribution in [1.29, 1.82) is 0 Å². The third kappa shape index (κ3) is 3.73. The quantitative estimate of drug-likeness (QED) is 0.836. The molecule has 5 nitrogen and oxygen atoms in total. The molecule has 0 heterocycles. The average molecular weight is 279 g/mol. The summed E-state index contributed by atoms with van der Waals surface area (Å²) in [7, 11) is 2.86. The number of ether oxygens (including phenoxy) is 2. The number of rotatable bonds is 5. The van der Waals surface area contributed by atoms with Crippen LogP contribution in [0.2, 0.25) is 0 Å². The largest absolute Gasteiger partial charge is 0.496 e. The first-order valence-electron chi connectivity index (χ1n) is 6.44. The van der Waals surface area contributed by atoms with Crippen molar-refractivity contribution in [2.45, 2.75) is 26.8 Å². The second-order valence-corrected chi connectivity index (χ2v) is 4.90. The van der Waals surface area contributed by atoms with Gasteiger partial charge < -0.3 is 14.8 Å². The molecule has 0 saturated carbocycles. The van der Waals surface area contributed by atoms with E-state index in [1.54, 1.807) is 25.3 Å². The Hall–Kier alpha value is -2.04. The Morgan fingerprint density at radius 1 is 1.20 bits per heavy atom. The summed E-state index contributed by atoms with van der Waals surface area (Å²) in [6.45, 7) is 5.58. The Labute approximate surface area is 119 Å². The van der Waals surface area contributed by atoms with Gasteiger partial charge in [0.2, 0.25) is 0 Å². The van der Waals surface area contributed by atoms with Gasteiger partial charge in [-0.05, 0) is 30.5 Å². The van der Waals surface area contributed by atoms with Crippen LogP contribution in [0.3, 0.4) is 0 Å². The van der Waals surface area contributed by atoms with Gasteiger partial charge >= 0.3 is 5.97 Å². The van der Waals surface area contributed by atoms with Crippen LogP contribution >= 0.6 is 0 Å². The molecule has 0 unspecified atom stereocenters. The predicted octanol–water partition coefficient (Wildman–Crippen LogP) is 1.93. The third-order valence-corrected chi connectivity index (χ3v) is 3.08. The zero-order valence-electron chi connectivity index (χ0n) is 12.5. The van der Waals surface area contributed by atoms with Gasteiger partial charge in [-0.1, -0.05) is 19.9 Å². The maximum atomic E-state index is 12.2. The number of esters is 1. The van der Waals surface area contributed by atoms with Gasteiger partial charge in [0.05, 0.1) is 14.2 Å². The summed E-state index contributed by atoms with van der Waals surface area (Å²) < 4.78 is 9.88. The standard InChI is InChI=1S/C15H21NO4/c1-9(2)13(15(18)20-5)16-14(17)11-7-6-10(3)12(8-11)19-4/h6-9,13H,1-5H3,(H,16,17)/t13-/m0/s1. The minimum atomic E-state index is -0.667. The van der Waals surface area contributed by atoms with Crippen LogP contribution in [-0.2, 0) is 9.53 Å². The summed E-state index contributed by atoms with van der Waals surface area (Å²) in [6, 6.07) is 4.48. The number of nitrogens with one attached hydrogen (secondary N) is 1. The number of carbonyl (C=O) groups is 2. The molecule has 20 heavy (non-hydrogen) atoms. The SMILES string of the molecule is COC(=O)[C@@H](NC(=O)c1ccc(C)c(OC)c1)C(C)C. The van der Waals surface area contributed by atoms with Crippen molar-refractivity contribution in [3.63, 3.8) is 0 Å². The van der Waals surface area contributed by atoms with E-state index in [2.05, 4.69) is 5.32 Å². The van der Waals surface area contributed by atoms with E-state index in [1.165, 1.54) is 7.11 Å². The normalized spacial score (nSPS) is 11.9. The summed E-state index contributed by atoms with van der Waals surface area (Å²) in [4.78, 5) is 23.8. The van der Waals surface area contributed by atoms with Crippen molar-refractivity contribution in [3.05, 3.63) is 29.3 Å². The lowest BCUT2D eigenvalue weighted by atomic mass is 10.0. The highest BCUT2D eigenvalue weighted by Gasteiger charge is 2.25. The van der Waals surface area contributed by atoms with E-state index < -0.39 is 12.0 Å². The third-order valence-electron chi connectivity index (χ3n) is 3.08. The average Bonchev–Trinajstić information content (AvgIpc) is 2.43. The molecule has 0 aliphatic heterocycles. The molecule has 0 aromatic heterocycles. The first-order chi connectivity index (χ1) is 9.40. The molecule has 1 rings (SSSR count). The minimum absolute atomic E-state index is 0.0567. The maximum Gasteiger partial charge on any atom is 0.328 e. The minimum Gasteiger partial charge on any atom is -0.496 e. The Bertz CT molecular complexity index is 497. The van der Waals surface area contributed by atoms with Crippen LogP contribution in [0.4, 0.5) is 0 Å². The maximum absolute atomic E-state index is 12.2. The Balaban J connectivity index is 2.92. The van der Waals surface area contributed by atoms with Crippen molar-refractivity contribution in [2.24, 2.45) is 5.92 Å². The van der Waals surface area contributed by atoms with E-state index in [0.717, 1.165) is 5.56 Å². The zero-order chi connectivity index (χ0) is 15.3. The van der Waals surface area contributed by atoms with Crippen LogP contribution in [0.25, 0.3) is 0 Å². The fourth-order valence-electron chi connectivity index (χ4n) is 1.81. The molecule has 0 bridgehead atoms. The van der Waals surface area contributed by atoms with E-state index in [4.69, 9.17) is 9.47 Å². The van der Waals surface area contributed by atoms with Gasteiger partial charge in [-0.3, -0.25) is 4.79 Å². The number of aryl methyl sites for hydroxylation is 1. The topological polar surface area (TPSA) is 64.6 Å². The van der Waals surface area contributed by atoms with Crippen LogP contribution in [0.1, 0.15) is 29.8 Å². The van der Waals surface area contributed by atoms with Crippen molar-refractivity contribution < 1.29 is 19.1 Å². The summed E-state index contributed by atoms with van der Waals surface area (Å²) in [5.74, 6) is -0.199. The molecule has 0 saturated heterocycles. The van der Waals surface area contributed by atoms with Crippen LogP contribution in [0.5, 0.6) is 5.75 Å². The van der Waals surface area contributed by atoms with Crippen LogP contribution < -0.4 is 10.1 Å². The molecule has 1 aromatic rings. The van der Waals surface area contributed by atoms with Crippen molar-refractivity contribution in [3.8, 4) is 5.75 Å². The van der Waals surface area contributed by atoms with E-state index in [-0.39, 0.29) is 11.8 Å². The molecule has 1 atom stereocenters. The lowest BCUT2D eigenvalue weighted by molar-refractivity contribution is -0.144. The Morgan fingerprint density at radius 3 is 2.35 bits per heavy atom. The summed E-state index contributed by atoms with van der Waals surface area (Å²) in [5.41, 5.74) is 1.39. The van der Waals surface area contributed by atoms with Gasteiger partial charge in [0.15, 0.2) is 0 Å². The molecule has 1 N–H and O–H groups in total. The first-order valence-corrected chi connectivity index (χ1v) is 6.44. The molecule has 0 radical (unpaired) electrons. The van der Waals surface area contributed by atoms with Crippen molar-refractivity contribution in [1.82, 2.24) is 5.32 Å². The molecule has 1 aromatic carbocycles. The number of amides is 1. The number of hydrogen-bond donors (Lipinski definition) is 1. The Morgan fingerprint density at radius 2 is 1.85 bits per heavy atom. The Kier molecular flexibility index (Phi) is 5.55. The molecule has 5 heteroatoms. The van der Waals surface area contributed by atoms with Gasteiger partial charge in [0.1, 0.15) is 11.8 Å². The smallest absolute Gasteiger partial charge is 0.328 e. The van der Waals surface area contributed by atoms with Crippen LogP contribution in [0, 0.1) is 12.8 Å². The highest BCUT2D eigenvalue weighted by atomic mass is 16.5. The summed E-state index contributed by atoms with van der Waals surface area (Å²) in [6.07, 6.45) is 0. The lowest BCUT2D eigenvalue weighted by Gasteiger charge is -2.20.